The van der Waals surface area contributed by atoms with Crippen molar-refractivity contribution in [3.63, 3.8) is 0 Å². The Morgan fingerprint density at radius 1 is 1.22 bits per heavy atom. The van der Waals surface area contributed by atoms with Crippen molar-refractivity contribution in [3.8, 4) is 5.69 Å². The average molecular weight is 432 g/mol. The van der Waals surface area contributed by atoms with E-state index in [0.717, 1.165) is 10.2 Å². The second kappa shape index (κ2) is 7.92. The normalized spacial score (nSPS) is 10.8. The summed E-state index contributed by atoms with van der Waals surface area (Å²) in [5, 5.41) is 0. The Bertz CT molecular complexity index is 1020. The number of aryl methyl sites for hydroxylation is 1. The highest BCUT2D eigenvalue weighted by atomic mass is 79.9. The molecule has 3 aromatic rings. The van der Waals surface area contributed by atoms with Crippen molar-refractivity contribution >= 4 is 21.8 Å². The first-order chi connectivity index (χ1) is 12.9. The van der Waals surface area contributed by atoms with Crippen LogP contribution < -0.4 is 5.69 Å². The molecule has 1 heterocycles. The third-order valence-corrected chi connectivity index (χ3v) is 4.86. The van der Waals surface area contributed by atoms with Crippen LogP contribution in [0.2, 0.25) is 0 Å². The van der Waals surface area contributed by atoms with Gasteiger partial charge in [0.1, 0.15) is 5.82 Å². The van der Waals surface area contributed by atoms with Gasteiger partial charge in [-0.05, 0) is 56.3 Å². The second-order valence-corrected chi connectivity index (χ2v) is 7.09. The molecule has 7 heteroatoms. The molecule has 27 heavy (non-hydrogen) atoms. The summed E-state index contributed by atoms with van der Waals surface area (Å²) in [4.78, 5) is 28.9. The molecule has 0 atom stereocenters. The minimum Gasteiger partial charge on any atom is -0.334 e. The van der Waals surface area contributed by atoms with Gasteiger partial charge in [-0.15, -0.1) is 0 Å². The number of aromatic amines is 1. The number of carbonyl (C=O) groups excluding carboxylic acids is 1. The van der Waals surface area contributed by atoms with E-state index in [-0.39, 0.29) is 24.0 Å². The third-order valence-electron chi connectivity index (χ3n) is 4.37. The molecule has 0 aliphatic carbocycles. The molecule has 0 bridgehead atoms. The van der Waals surface area contributed by atoms with Crippen LogP contribution in [0, 0.1) is 12.7 Å². The minimum atomic E-state index is -0.345. The topological polar surface area (TPSA) is 58.1 Å². The predicted octanol–water partition coefficient (Wildman–Crippen LogP) is 4.04. The monoisotopic (exact) mass is 431 g/mol. The number of H-pyrrole nitrogens is 1. The molecule has 140 valence electrons. The molecule has 0 spiro atoms. The lowest BCUT2D eigenvalue weighted by molar-refractivity contribution is 0.0751. The zero-order chi connectivity index (χ0) is 19.6. The number of hydrogen-bond donors (Lipinski definition) is 1. The summed E-state index contributed by atoms with van der Waals surface area (Å²) < 4.78 is 16.3. The molecule has 2 aromatic carbocycles. The Morgan fingerprint density at radius 3 is 2.52 bits per heavy atom. The number of hydrogen-bond acceptors (Lipinski definition) is 2. The van der Waals surface area contributed by atoms with Crippen LogP contribution in [0.1, 0.15) is 28.5 Å². The number of imidazole rings is 1. The van der Waals surface area contributed by atoms with E-state index < -0.39 is 0 Å². The van der Waals surface area contributed by atoms with Crippen molar-refractivity contribution in [2.75, 3.05) is 6.54 Å². The largest absolute Gasteiger partial charge is 0.334 e. The Kier molecular flexibility index (Phi) is 5.60. The van der Waals surface area contributed by atoms with E-state index in [2.05, 4.69) is 20.9 Å². The minimum absolute atomic E-state index is 0.179. The highest BCUT2D eigenvalue weighted by Gasteiger charge is 2.17. The van der Waals surface area contributed by atoms with E-state index in [0.29, 0.717) is 23.4 Å². The molecule has 0 unspecified atom stereocenters. The summed E-state index contributed by atoms with van der Waals surface area (Å²) >= 11 is 3.33. The number of rotatable bonds is 5. The first-order valence-corrected chi connectivity index (χ1v) is 9.30. The van der Waals surface area contributed by atoms with E-state index in [1.807, 2.05) is 13.8 Å². The molecule has 0 saturated heterocycles. The molecular weight excluding hydrogens is 413 g/mol. The molecule has 1 aromatic heterocycles. The van der Waals surface area contributed by atoms with Crippen LogP contribution in [0.25, 0.3) is 5.69 Å². The molecular formula is C20H19BrFN3O2. The van der Waals surface area contributed by atoms with Gasteiger partial charge in [-0.25, -0.2) is 9.18 Å². The van der Waals surface area contributed by atoms with Gasteiger partial charge in [0, 0.05) is 40.6 Å². The lowest BCUT2D eigenvalue weighted by Gasteiger charge is -2.21. The first-order valence-electron chi connectivity index (χ1n) is 8.51. The molecule has 0 aliphatic rings. The zero-order valence-corrected chi connectivity index (χ0v) is 16.6. The highest BCUT2D eigenvalue weighted by molar-refractivity contribution is 9.10. The quantitative estimate of drug-likeness (QED) is 0.662. The Hall–Kier alpha value is -2.67. The van der Waals surface area contributed by atoms with Crippen LogP contribution in [0.15, 0.2) is 57.9 Å². The van der Waals surface area contributed by atoms with Crippen molar-refractivity contribution in [1.82, 2.24) is 14.5 Å². The van der Waals surface area contributed by atoms with E-state index in [1.165, 1.54) is 10.6 Å². The van der Waals surface area contributed by atoms with Gasteiger partial charge in [0.25, 0.3) is 5.91 Å². The molecule has 0 radical (unpaired) electrons. The Labute approximate surface area is 164 Å². The molecule has 3 rings (SSSR count). The SMILES string of the molecule is CCN(Cc1cc(Br)ccc1F)C(=O)c1ccc(-n2c(C)c[nH]c2=O)cc1. The van der Waals surface area contributed by atoms with Crippen LogP contribution in [-0.2, 0) is 6.54 Å². The molecule has 0 aliphatic heterocycles. The number of nitrogens with zero attached hydrogens (tertiary/aromatic N) is 2. The van der Waals surface area contributed by atoms with Gasteiger partial charge in [-0.1, -0.05) is 15.9 Å². The summed E-state index contributed by atoms with van der Waals surface area (Å²) in [6.07, 6.45) is 1.63. The number of nitrogens with one attached hydrogen (secondary N) is 1. The van der Waals surface area contributed by atoms with Gasteiger partial charge in [0.05, 0.1) is 5.69 Å². The first kappa shape index (κ1) is 19.1. The van der Waals surface area contributed by atoms with Crippen molar-refractivity contribution in [1.29, 1.82) is 0 Å². The summed E-state index contributed by atoms with van der Waals surface area (Å²) in [6.45, 7) is 4.30. The molecule has 1 amide bonds. The van der Waals surface area contributed by atoms with Crippen LogP contribution in [0.5, 0.6) is 0 Å². The lowest BCUT2D eigenvalue weighted by Crippen LogP contribution is -2.30. The van der Waals surface area contributed by atoms with Gasteiger partial charge >= 0.3 is 5.69 Å². The standard InChI is InChI=1S/C20H19BrFN3O2/c1-3-24(12-15-10-16(21)6-9-18(15)22)19(26)14-4-7-17(8-5-14)25-13(2)11-23-20(25)27/h4-11H,3,12H2,1-2H3,(H,23,27). The van der Waals surface area contributed by atoms with Gasteiger partial charge in [0.2, 0.25) is 0 Å². The molecule has 0 fully saturated rings. The van der Waals surface area contributed by atoms with Crippen molar-refractivity contribution in [2.24, 2.45) is 0 Å². The highest BCUT2D eigenvalue weighted by Crippen LogP contribution is 2.19. The summed E-state index contributed by atoms with van der Waals surface area (Å²) in [6, 6.07) is 11.5. The van der Waals surface area contributed by atoms with Crippen molar-refractivity contribution < 1.29 is 9.18 Å². The van der Waals surface area contributed by atoms with E-state index in [1.54, 1.807) is 47.5 Å². The van der Waals surface area contributed by atoms with Crippen molar-refractivity contribution in [2.45, 2.75) is 20.4 Å². The second-order valence-electron chi connectivity index (χ2n) is 6.17. The van der Waals surface area contributed by atoms with E-state index >= 15 is 0 Å². The maximum absolute atomic E-state index is 14.0. The summed E-state index contributed by atoms with van der Waals surface area (Å²) in [5.74, 6) is -0.538. The predicted molar refractivity (Wildman–Crippen MR) is 106 cm³/mol. The average Bonchev–Trinajstić information content (AvgIpc) is 3.00. The molecule has 5 nitrogen and oxygen atoms in total. The van der Waals surface area contributed by atoms with Crippen LogP contribution >= 0.6 is 15.9 Å². The van der Waals surface area contributed by atoms with Crippen LogP contribution in [-0.4, -0.2) is 26.9 Å². The Balaban J connectivity index is 1.83. The third kappa shape index (κ3) is 4.03. The number of aromatic nitrogens is 2. The maximum Gasteiger partial charge on any atom is 0.330 e. The maximum atomic E-state index is 14.0. The van der Waals surface area contributed by atoms with Gasteiger partial charge in [-0.2, -0.15) is 0 Å². The number of carbonyl (C=O) groups is 1. The van der Waals surface area contributed by atoms with Gasteiger partial charge < -0.3 is 9.88 Å². The van der Waals surface area contributed by atoms with Crippen LogP contribution in [0.3, 0.4) is 0 Å². The lowest BCUT2D eigenvalue weighted by atomic mass is 10.1. The number of benzene rings is 2. The van der Waals surface area contributed by atoms with Gasteiger partial charge in [0.15, 0.2) is 0 Å². The van der Waals surface area contributed by atoms with Gasteiger partial charge in [-0.3, -0.25) is 9.36 Å². The fourth-order valence-electron chi connectivity index (χ4n) is 2.91. The van der Waals surface area contributed by atoms with Crippen LogP contribution in [0.4, 0.5) is 4.39 Å². The smallest absolute Gasteiger partial charge is 0.330 e. The fourth-order valence-corrected chi connectivity index (χ4v) is 3.32. The number of amides is 1. The zero-order valence-electron chi connectivity index (χ0n) is 15.0. The summed E-state index contributed by atoms with van der Waals surface area (Å²) in [5.41, 5.74) is 2.16. The van der Waals surface area contributed by atoms with E-state index in [9.17, 15) is 14.0 Å². The van der Waals surface area contributed by atoms with Crippen molar-refractivity contribution in [3.05, 3.63) is 86.3 Å². The Morgan fingerprint density at radius 2 is 1.93 bits per heavy atom. The number of halogens is 2. The fraction of sp³-hybridized carbons (Fsp3) is 0.200. The van der Waals surface area contributed by atoms with E-state index in [4.69, 9.17) is 0 Å². The molecule has 1 N–H and O–H groups in total. The molecule has 0 saturated carbocycles. The summed E-state index contributed by atoms with van der Waals surface area (Å²) in [7, 11) is 0.